The normalized spacial score (nSPS) is 11.1. The molecule has 4 aromatic rings. The summed E-state index contributed by atoms with van der Waals surface area (Å²) in [6.45, 7) is 2.05. The summed E-state index contributed by atoms with van der Waals surface area (Å²) in [7, 11) is 0. The van der Waals surface area contributed by atoms with E-state index in [0.717, 1.165) is 5.56 Å². The van der Waals surface area contributed by atoms with Gasteiger partial charge in [-0.1, -0.05) is 35.9 Å². The molecule has 0 aliphatic rings. The van der Waals surface area contributed by atoms with Crippen LogP contribution in [0.3, 0.4) is 0 Å². The Bertz CT molecular complexity index is 1260. The van der Waals surface area contributed by atoms with Crippen molar-refractivity contribution in [2.45, 2.75) is 13.5 Å². The molecule has 2 aromatic heterocycles. The molecule has 0 unspecified atom stereocenters. The van der Waals surface area contributed by atoms with E-state index in [4.69, 9.17) is 11.6 Å². The van der Waals surface area contributed by atoms with Crippen LogP contribution in [0.1, 0.15) is 11.1 Å². The number of phenolic OH excluding ortho intramolecular Hbond substituents is 2. The third-order valence-corrected chi connectivity index (χ3v) is 5.09. The fourth-order valence-electron chi connectivity index (χ4n) is 3.42. The standard InChI is InChI=1S/C22H17ClN2O3/c1-14-21(16-6-2-3-7-18(16)26)24-11-5-4-8-20(24)25(22(14)28)13-15-9-10-19(27)17(23)12-15/h2-12H,13H2,1H3,(H-,26,27,28)/p+1. The van der Waals surface area contributed by atoms with Gasteiger partial charge in [-0.3, -0.25) is 0 Å². The van der Waals surface area contributed by atoms with E-state index in [9.17, 15) is 15.0 Å². The summed E-state index contributed by atoms with van der Waals surface area (Å²) in [4.78, 5) is 13.2. The number of phenols is 2. The number of fused-ring (bicyclic) bond motifs is 1. The number of para-hydroxylation sites is 1. The number of benzene rings is 2. The summed E-state index contributed by atoms with van der Waals surface area (Å²) < 4.78 is 3.55. The number of rotatable bonds is 3. The predicted molar refractivity (Wildman–Crippen MR) is 108 cm³/mol. The highest BCUT2D eigenvalue weighted by atomic mass is 35.5. The number of halogens is 1. The number of nitrogens with zero attached hydrogens (tertiary/aromatic N) is 2. The Morgan fingerprint density at radius 3 is 2.50 bits per heavy atom. The molecule has 4 rings (SSSR count). The highest BCUT2D eigenvalue weighted by Gasteiger charge is 2.24. The molecule has 2 aromatic carbocycles. The first-order valence-electron chi connectivity index (χ1n) is 8.77. The van der Waals surface area contributed by atoms with Crippen LogP contribution in [0.2, 0.25) is 5.02 Å². The zero-order valence-electron chi connectivity index (χ0n) is 15.1. The van der Waals surface area contributed by atoms with E-state index in [0.29, 0.717) is 29.0 Å². The topological polar surface area (TPSA) is 66.6 Å². The van der Waals surface area contributed by atoms with Crippen LogP contribution in [0.25, 0.3) is 16.9 Å². The molecule has 0 aliphatic heterocycles. The molecule has 28 heavy (non-hydrogen) atoms. The Morgan fingerprint density at radius 1 is 1.00 bits per heavy atom. The van der Waals surface area contributed by atoms with Gasteiger partial charge in [-0.25, -0.2) is 4.79 Å². The Labute approximate surface area is 166 Å². The van der Waals surface area contributed by atoms with E-state index >= 15 is 0 Å². The van der Waals surface area contributed by atoms with Gasteiger partial charge in [0.05, 0.1) is 22.3 Å². The van der Waals surface area contributed by atoms with E-state index in [2.05, 4.69) is 0 Å². The lowest BCUT2D eigenvalue weighted by molar-refractivity contribution is -0.504. The third-order valence-electron chi connectivity index (χ3n) is 4.79. The largest absolute Gasteiger partial charge is 0.507 e. The lowest BCUT2D eigenvalue weighted by Crippen LogP contribution is -2.38. The number of aromatic nitrogens is 2. The first kappa shape index (κ1) is 18.1. The van der Waals surface area contributed by atoms with Gasteiger partial charge < -0.3 is 10.2 Å². The van der Waals surface area contributed by atoms with Crippen LogP contribution < -0.4 is 9.96 Å². The van der Waals surface area contributed by atoms with Crippen molar-refractivity contribution in [3.8, 4) is 22.8 Å². The molecular weight excluding hydrogens is 376 g/mol. The van der Waals surface area contributed by atoms with Gasteiger partial charge in [0.1, 0.15) is 18.0 Å². The van der Waals surface area contributed by atoms with Gasteiger partial charge in [0.15, 0.2) is 5.69 Å². The molecular formula is C22H18ClN2O3+. The second-order valence-corrected chi connectivity index (χ2v) is 7.00. The van der Waals surface area contributed by atoms with Crippen molar-refractivity contribution in [1.82, 2.24) is 4.57 Å². The Morgan fingerprint density at radius 2 is 1.75 bits per heavy atom. The molecule has 0 radical (unpaired) electrons. The lowest BCUT2D eigenvalue weighted by atomic mass is 10.1. The van der Waals surface area contributed by atoms with E-state index in [1.807, 2.05) is 34.9 Å². The molecule has 0 saturated heterocycles. The van der Waals surface area contributed by atoms with Gasteiger partial charge in [0.25, 0.3) is 5.65 Å². The van der Waals surface area contributed by atoms with Crippen LogP contribution in [0.15, 0.2) is 71.7 Å². The van der Waals surface area contributed by atoms with Crippen molar-refractivity contribution in [2.24, 2.45) is 0 Å². The highest BCUT2D eigenvalue weighted by molar-refractivity contribution is 6.32. The number of hydrogen-bond donors (Lipinski definition) is 2. The van der Waals surface area contributed by atoms with Gasteiger partial charge in [-0.05, 0) is 42.8 Å². The summed E-state index contributed by atoms with van der Waals surface area (Å²) in [6, 6.07) is 17.5. The molecule has 0 bridgehead atoms. The number of hydrogen-bond acceptors (Lipinski definition) is 3. The second kappa shape index (κ2) is 7.02. The van der Waals surface area contributed by atoms with E-state index in [1.54, 1.807) is 41.8 Å². The molecule has 0 aliphatic carbocycles. The Hall–Kier alpha value is -3.31. The molecule has 5 nitrogen and oxygen atoms in total. The molecule has 2 heterocycles. The zero-order chi connectivity index (χ0) is 19.8. The summed E-state index contributed by atoms with van der Waals surface area (Å²) in [6.07, 6.45) is 1.86. The minimum absolute atomic E-state index is 0.00285. The molecule has 140 valence electrons. The summed E-state index contributed by atoms with van der Waals surface area (Å²) in [5.74, 6) is 0.119. The third kappa shape index (κ3) is 3.00. The number of pyridine rings is 1. The number of aromatic hydroxyl groups is 2. The average Bonchev–Trinajstić information content (AvgIpc) is 2.69. The molecule has 6 heteroatoms. The van der Waals surface area contributed by atoms with Crippen molar-refractivity contribution in [3.05, 3.63) is 93.4 Å². The second-order valence-electron chi connectivity index (χ2n) is 6.60. The van der Waals surface area contributed by atoms with Gasteiger partial charge in [-0.2, -0.15) is 8.97 Å². The van der Waals surface area contributed by atoms with Crippen LogP contribution in [0.4, 0.5) is 0 Å². The molecule has 0 amide bonds. The van der Waals surface area contributed by atoms with Crippen LogP contribution >= 0.6 is 11.6 Å². The predicted octanol–water partition coefficient (Wildman–Crippen LogP) is 3.68. The van der Waals surface area contributed by atoms with Crippen molar-refractivity contribution in [1.29, 1.82) is 0 Å². The maximum atomic E-state index is 13.2. The van der Waals surface area contributed by atoms with Crippen LogP contribution in [-0.2, 0) is 6.54 Å². The zero-order valence-corrected chi connectivity index (χ0v) is 15.9. The first-order valence-corrected chi connectivity index (χ1v) is 9.14. The van der Waals surface area contributed by atoms with Crippen molar-refractivity contribution < 1.29 is 14.6 Å². The fourth-order valence-corrected chi connectivity index (χ4v) is 3.62. The SMILES string of the molecule is Cc1c(-c2ccccc2O)[n+]2ccccc2n(Cc2ccc(O)c(Cl)c2)c1=O. The quantitative estimate of drug-likeness (QED) is 0.522. The smallest absolute Gasteiger partial charge is 0.341 e. The Kier molecular flexibility index (Phi) is 4.53. The minimum Gasteiger partial charge on any atom is -0.507 e. The van der Waals surface area contributed by atoms with Crippen LogP contribution in [0, 0.1) is 6.92 Å². The van der Waals surface area contributed by atoms with Gasteiger partial charge in [-0.15, -0.1) is 0 Å². The maximum Gasteiger partial charge on any atom is 0.341 e. The van der Waals surface area contributed by atoms with Gasteiger partial charge in [0.2, 0.25) is 0 Å². The lowest BCUT2D eigenvalue weighted by Gasteiger charge is -2.11. The van der Waals surface area contributed by atoms with Gasteiger partial charge >= 0.3 is 5.56 Å². The van der Waals surface area contributed by atoms with Crippen molar-refractivity contribution >= 4 is 17.2 Å². The fraction of sp³-hybridized carbons (Fsp3) is 0.0909. The monoisotopic (exact) mass is 393 g/mol. The minimum atomic E-state index is -0.159. The van der Waals surface area contributed by atoms with Gasteiger partial charge in [0, 0.05) is 6.07 Å². The molecule has 2 N–H and O–H groups in total. The highest BCUT2D eigenvalue weighted by Crippen LogP contribution is 2.28. The summed E-state index contributed by atoms with van der Waals surface area (Å²) >= 11 is 6.02. The molecule has 0 spiro atoms. The summed E-state index contributed by atoms with van der Waals surface area (Å²) in [5, 5.41) is 20.2. The van der Waals surface area contributed by atoms with E-state index in [1.165, 1.54) is 6.07 Å². The van der Waals surface area contributed by atoms with Crippen molar-refractivity contribution in [3.63, 3.8) is 0 Å². The van der Waals surface area contributed by atoms with Crippen LogP contribution in [0.5, 0.6) is 11.5 Å². The maximum absolute atomic E-state index is 13.2. The molecule has 0 atom stereocenters. The molecule has 0 saturated carbocycles. The van der Waals surface area contributed by atoms with E-state index < -0.39 is 0 Å². The Balaban J connectivity index is 1.99. The molecule has 0 fully saturated rings. The van der Waals surface area contributed by atoms with E-state index in [-0.39, 0.29) is 22.1 Å². The van der Waals surface area contributed by atoms with Crippen molar-refractivity contribution in [2.75, 3.05) is 0 Å². The van der Waals surface area contributed by atoms with Crippen LogP contribution in [-0.4, -0.2) is 14.8 Å². The summed E-state index contributed by atoms with van der Waals surface area (Å²) in [5.41, 5.74) is 3.09. The average molecular weight is 394 g/mol. The first-order chi connectivity index (χ1) is 13.5.